The van der Waals surface area contributed by atoms with Gasteiger partial charge in [-0.15, -0.1) is 0 Å². The van der Waals surface area contributed by atoms with Crippen molar-refractivity contribution in [2.45, 2.75) is 45.0 Å². The lowest BCUT2D eigenvalue weighted by molar-refractivity contribution is 0.0705. The van der Waals surface area contributed by atoms with Crippen molar-refractivity contribution in [1.82, 2.24) is 14.9 Å². The van der Waals surface area contributed by atoms with E-state index in [0.717, 1.165) is 17.3 Å². The van der Waals surface area contributed by atoms with E-state index in [1.165, 1.54) is 19.3 Å². The van der Waals surface area contributed by atoms with Crippen LogP contribution in [0.3, 0.4) is 0 Å². The van der Waals surface area contributed by atoms with Crippen molar-refractivity contribution in [2.75, 3.05) is 14.1 Å². The lowest BCUT2D eigenvalue weighted by Gasteiger charge is -2.34. The molecule has 1 saturated carbocycles. The Morgan fingerprint density at radius 2 is 2.17 bits per heavy atom. The summed E-state index contributed by atoms with van der Waals surface area (Å²) >= 11 is 0. The van der Waals surface area contributed by atoms with E-state index >= 15 is 0 Å². The summed E-state index contributed by atoms with van der Waals surface area (Å²) in [6.45, 7) is 4.80. The number of aromatic nitrogens is 1. The van der Waals surface area contributed by atoms with Gasteiger partial charge in [-0.1, -0.05) is 19.8 Å². The van der Waals surface area contributed by atoms with E-state index in [0.29, 0.717) is 18.7 Å². The Labute approximate surface area is 109 Å². The van der Waals surface area contributed by atoms with E-state index in [4.69, 9.17) is 4.42 Å². The highest BCUT2D eigenvalue weighted by molar-refractivity contribution is 6.71. The lowest BCUT2D eigenvalue weighted by Crippen LogP contribution is -2.48. The standard InChI is InChI=1S/C13H22BN3O/c1-9-6-5-7-11-12(9)14(17(4)16(11)3)13-10(2)15-8-18-13/h8-9,11-12H,5-7H2,1-4H3. The Morgan fingerprint density at radius 3 is 2.83 bits per heavy atom. The van der Waals surface area contributed by atoms with Crippen molar-refractivity contribution in [2.24, 2.45) is 5.92 Å². The van der Waals surface area contributed by atoms with Crippen LogP contribution in [0.1, 0.15) is 31.9 Å². The third-order valence-corrected chi connectivity index (χ3v) is 5.06. The molecular weight excluding hydrogens is 225 g/mol. The van der Waals surface area contributed by atoms with Gasteiger partial charge in [0.1, 0.15) is 5.66 Å². The topological polar surface area (TPSA) is 32.5 Å². The average molecular weight is 247 g/mol. The van der Waals surface area contributed by atoms with E-state index in [9.17, 15) is 0 Å². The molecule has 98 valence electrons. The van der Waals surface area contributed by atoms with Crippen LogP contribution in [-0.2, 0) is 0 Å². The monoisotopic (exact) mass is 247 g/mol. The predicted molar refractivity (Wildman–Crippen MR) is 72.7 cm³/mol. The van der Waals surface area contributed by atoms with E-state index in [1.807, 2.05) is 6.92 Å². The molecule has 0 bridgehead atoms. The molecule has 1 aromatic heterocycles. The summed E-state index contributed by atoms with van der Waals surface area (Å²) in [5.74, 6) is 1.42. The Hall–Kier alpha value is -0.805. The summed E-state index contributed by atoms with van der Waals surface area (Å²) in [6.07, 6.45) is 5.58. The van der Waals surface area contributed by atoms with Crippen LogP contribution in [0, 0.1) is 12.8 Å². The van der Waals surface area contributed by atoms with Crippen LogP contribution in [0.5, 0.6) is 0 Å². The van der Waals surface area contributed by atoms with Gasteiger partial charge < -0.3 is 4.42 Å². The molecule has 0 amide bonds. The number of rotatable bonds is 1. The Balaban J connectivity index is 1.99. The van der Waals surface area contributed by atoms with Crippen LogP contribution in [-0.4, -0.2) is 41.9 Å². The van der Waals surface area contributed by atoms with Gasteiger partial charge in [0.25, 0.3) is 0 Å². The lowest BCUT2D eigenvalue weighted by atomic mass is 9.43. The van der Waals surface area contributed by atoms with Gasteiger partial charge in [0.2, 0.25) is 0 Å². The molecule has 4 nitrogen and oxygen atoms in total. The predicted octanol–water partition coefficient (Wildman–Crippen LogP) is 1.53. The molecule has 0 aromatic carbocycles. The number of hydrogen-bond donors (Lipinski definition) is 0. The number of oxazole rings is 1. The number of aryl methyl sites for hydroxylation is 1. The molecule has 2 heterocycles. The molecule has 2 aliphatic rings. The molecule has 2 fully saturated rings. The van der Waals surface area contributed by atoms with Gasteiger partial charge in [-0.2, -0.15) is 0 Å². The molecule has 3 atom stereocenters. The SMILES string of the molecule is Cc1ncoc1B1C2C(C)CCCC2N(C)N1C. The van der Waals surface area contributed by atoms with Crippen molar-refractivity contribution >= 4 is 12.5 Å². The van der Waals surface area contributed by atoms with Crippen molar-refractivity contribution in [3.05, 3.63) is 12.1 Å². The van der Waals surface area contributed by atoms with Gasteiger partial charge >= 0.3 is 6.85 Å². The van der Waals surface area contributed by atoms with E-state index in [-0.39, 0.29) is 0 Å². The summed E-state index contributed by atoms with van der Waals surface area (Å²) in [4.78, 5) is 6.62. The van der Waals surface area contributed by atoms with Gasteiger partial charge in [0.15, 0.2) is 6.39 Å². The van der Waals surface area contributed by atoms with Crippen LogP contribution in [0.25, 0.3) is 0 Å². The zero-order valence-electron chi connectivity index (χ0n) is 11.8. The summed E-state index contributed by atoms with van der Waals surface area (Å²) < 4.78 is 5.68. The van der Waals surface area contributed by atoms with Crippen molar-refractivity contribution in [1.29, 1.82) is 0 Å². The van der Waals surface area contributed by atoms with Crippen molar-refractivity contribution in [3.63, 3.8) is 0 Å². The fraction of sp³-hybridized carbons (Fsp3) is 0.769. The molecule has 0 radical (unpaired) electrons. The van der Waals surface area contributed by atoms with Gasteiger partial charge in [-0.25, -0.2) is 4.98 Å². The smallest absolute Gasteiger partial charge is 0.324 e. The highest BCUT2D eigenvalue weighted by Gasteiger charge is 2.53. The first kappa shape index (κ1) is 12.2. The average Bonchev–Trinajstić information content (AvgIpc) is 2.86. The zero-order chi connectivity index (χ0) is 12.9. The maximum atomic E-state index is 5.68. The van der Waals surface area contributed by atoms with E-state index in [1.54, 1.807) is 6.39 Å². The molecule has 1 aliphatic carbocycles. The van der Waals surface area contributed by atoms with Gasteiger partial charge in [0.05, 0.1) is 5.69 Å². The summed E-state index contributed by atoms with van der Waals surface area (Å²) in [5.41, 5.74) is 2.10. The fourth-order valence-corrected chi connectivity index (χ4v) is 3.99. The highest BCUT2D eigenvalue weighted by atomic mass is 16.3. The number of fused-ring (bicyclic) bond motifs is 1. The quantitative estimate of drug-likeness (QED) is 0.704. The molecule has 1 aromatic rings. The molecule has 1 aliphatic heterocycles. The van der Waals surface area contributed by atoms with Crippen LogP contribution < -0.4 is 5.66 Å². The molecule has 0 N–H and O–H groups in total. The third-order valence-electron chi connectivity index (χ3n) is 5.06. The zero-order valence-corrected chi connectivity index (χ0v) is 11.8. The van der Waals surface area contributed by atoms with Gasteiger partial charge in [-0.3, -0.25) is 9.93 Å². The van der Waals surface area contributed by atoms with Gasteiger partial charge in [0, 0.05) is 13.1 Å². The molecule has 3 unspecified atom stereocenters. The van der Waals surface area contributed by atoms with E-state index in [2.05, 4.69) is 35.9 Å². The Kier molecular flexibility index (Phi) is 2.98. The number of hydrogen-bond acceptors (Lipinski definition) is 4. The minimum atomic E-state index is 0.359. The maximum Gasteiger partial charge on any atom is 0.324 e. The van der Waals surface area contributed by atoms with Crippen molar-refractivity contribution < 1.29 is 4.42 Å². The Morgan fingerprint density at radius 1 is 1.39 bits per heavy atom. The van der Waals surface area contributed by atoms with Crippen LogP contribution in [0.15, 0.2) is 10.8 Å². The second-order valence-electron chi connectivity index (χ2n) is 5.95. The van der Waals surface area contributed by atoms with Crippen LogP contribution in [0.4, 0.5) is 0 Å². The highest BCUT2D eigenvalue weighted by Crippen LogP contribution is 2.44. The summed E-state index contributed by atoms with van der Waals surface area (Å²) in [5, 5.41) is 2.41. The first-order valence-electron chi connectivity index (χ1n) is 6.96. The molecule has 18 heavy (non-hydrogen) atoms. The number of hydrazine groups is 1. The minimum Gasteiger partial charge on any atom is -0.456 e. The maximum absolute atomic E-state index is 5.68. The molecule has 1 saturated heterocycles. The molecule has 0 spiro atoms. The first-order chi connectivity index (χ1) is 8.61. The molecule has 3 rings (SSSR count). The minimum absolute atomic E-state index is 0.359. The molecular formula is C13H22BN3O. The van der Waals surface area contributed by atoms with E-state index < -0.39 is 0 Å². The number of nitrogens with zero attached hydrogens (tertiary/aromatic N) is 3. The molecule has 5 heteroatoms. The summed E-state index contributed by atoms with van der Waals surface area (Å²) in [6, 6.07) is 0.660. The second-order valence-corrected chi connectivity index (χ2v) is 5.95. The fourth-order valence-electron chi connectivity index (χ4n) is 3.99. The first-order valence-corrected chi connectivity index (χ1v) is 6.96. The van der Waals surface area contributed by atoms with Gasteiger partial charge in [-0.05, 0) is 32.1 Å². The van der Waals surface area contributed by atoms with Crippen LogP contribution in [0.2, 0.25) is 5.82 Å². The van der Waals surface area contributed by atoms with Crippen LogP contribution >= 0.6 is 0 Å². The normalized spacial score (nSPS) is 34.0. The Bertz CT molecular complexity index is 436. The second kappa shape index (κ2) is 4.39. The van der Waals surface area contributed by atoms with Crippen molar-refractivity contribution in [3.8, 4) is 0 Å². The largest absolute Gasteiger partial charge is 0.456 e. The summed E-state index contributed by atoms with van der Waals surface area (Å²) in [7, 11) is 4.39. The third kappa shape index (κ3) is 1.64.